The van der Waals surface area contributed by atoms with E-state index in [9.17, 15) is 18.0 Å². The smallest absolute Gasteiger partial charge is 0.368 e. The molecule has 0 aliphatic rings. The standard InChI is InChI=1S/C24H20ClF3N4O2/c1-15(34-14-16-5-3-2-4-6-16)23-18(13-30-22-12-21(25)31-32(22)23)11-19(33)9-17-7-8-29-20(10-17)24(26,27)28/h2-8,10,12-13,15H,9,11,14H2,1H3/t15-/m0/s1. The van der Waals surface area contributed by atoms with E-state index in [-0.39, 0.29) is 29.3 Å². The Labute approximate surface area is 198 Å². The fourth-order valence-electron chi connectivity index (χ4n) is 3.64. The van der Waals surface area contributed by atoms with E-state index in [2.05, 4.69) is 15.1 Å². The molecule has 4 rings (SSSR count). The number of ketones is 1. The highest BCUT2D eigenvalue weighted by Gasteiger charge is 2.32. The van der Waals surface area contributed by atoms with Gasteiger partial charge in [0.15, 0.2) is 10.8 Å². The third-order valence-electron chi connectivity index (χ3n) is 5.20. The summed E-state index contributed by atoms with van der Waals surface area (Å²) >= 11 is 6.07. The van der Waals surface area contributed by atoms with Gasteiger partial charge in [-0.1, -0.05) is 41.9 Å². The molecule has 0 spiro atoms. The monoisotopic (exact) mass is 488 g/mol. The third kappa shape index (κ3) is 5.60. The van der Waals surface area contributed by atoms with Gasteiger partial charge < -0.3 is 4.74 Å². The van der Waals surface area contributed by atoms with Crippen molar-refractivity contribution >= 4 is 23.0 Å². The van der Waals surface area contributed by atoms with Crippen LogP contribution in [0.15, 0.2) is 60.9 Å². The van der Waals surface area contributed by atoms with E-state index in [4.69, 9.17) is 16.3 Å². The average Bonchev–Trinajstić information content (AvgIpc) is 3.17. The molecule has 0 aliphatic heterocycles. The van der Waals surface area contributed by atoms with Crippen LogP contribution in [0.5, 0.6) is 0 Å². The third-order valence-corrected chi connectivity index (χ3v) is 5.39. The van der Waals surface area contributed by atoms with E-state index in [1.54, 1.807) is 12.3 Å². The van der Waals surface area contributed by atoms with Crippen LogP contribution in [0.4, 0.5) is 13.2 Å². The van der Waals surface area contributed by atoms with Gasteiger partial charge in [0.2, 0.25) is 0 Å². The maximum Gasteiger partial charge on any atom is 0.433 e. The number of hydrogen-bond acceptors (Lipinski definition) is 5. The molecule has 0 N–H and O–H groups in total. The molecule has 4 aromatic rings. The van der Waals surface area contributed by atoms with E-state index in [1.165, 1.54) is 10.6 Å². The van der Waals surface area contributed by atoms with Crippen LogP contribution in [0.25, 0.3) is 5.65 Å². The summed E-state index contributed by atoms with van der Waals surface area (Å²) in [5.41, 5.74) is 1.84. The number of hydrogen-bond donors (Lipinski definition) is 0. The molecule has 3 heterocycles. The molecular formula is C24H20ClF3N4O2. The lowest BCUT2D eigenvalue weighted by Crippen LogP contribution is -2.16. The van der Waals surface area contributed by atoms with E-state index < -0.39 is 18.0 Å². The molecule has 0 aliphatic carbocycles. The number of aromatic nitrogens is 4. The highest BCUT2D eigenvalue weighted by Crippen LogP contribution is 2.28. The summed E-state index contributed by atoms with van der Waals surface area (Å²) in [6, 6.07) is 13.5. The van der Waals surface area contributed by atoms with Gasteiger partial charge in [-0.25, -0.2) is 9.50 Å². The van der Waals surface area contributed by atoms with Crippen LogP contribution >= 0.6 is 11.6 Å². The van der Waals surface area contributed by atoms with Crippen LogP contribution in [0, 0.1) is 0 Å². The average molecular weight is 489 g/mol. The summed E-state index contributed by atoms with van der Waals surface area (Å²) in [6.45, 7) is 2.17. The fraction of sp³-hybridized carbons (Fsp3) is 0.250. The number of nitrogens with zero attached hydrogens (tertiary/aromatic N) is 4. The Kier molecular flexibility index (Phi) is 6.95. The molecule has 0 saturated carbocycles. The Morgan fingerprint density at radius 1 is 1.09 bits per heavy atom. The number of carbonyl (C=O) groups excluding carboxylic acids is 1. The summed E-state index contributed by atoms with van der Waals surface area (Å²) in [5.74, 6) is -0.282. The summed E-state index contributed by atoms with van der Waals surface area (Å²) in [7, 11) is 0. The quantitative estimate of drug-likeness (QED) is 0.331. The zero-order valence-corrected chi connectivity index (χ0v) is 18.8. The Morgan fingerprint density at radius 3 is 2.59 bits per heavy atom. The number of Topliss-reactive ketones (excluding diaryl/α,β-unsaturated/α-hetero) is 1. The molecular weight excluding hydrogens is 469 g/mol. The van der Waals surface area contributed by atoms with Crippen molar-refractivity contribution in [1.29, 1.82) is 0 Å². The van der Waals surface area contributed by atoms with Gasteiger partial charge in [0.25, 0.3) is 0 Å². The second-order valence-electron chi connectivity index (χ2n) is 7.78. The maximum absolute atomic E-state index is 12.9. The molecule has 6 nitrogen and oxygen atoms in total. The van der Waals surface area contributed by atoms with E-state index in [0.29, 0.717) is 23.5 Å². The van der Waals surface area contributed by atoms with Gasteiger partial charge in [0, 0.05) is 36.9 Å². The molecule has 0 saturated heterocycles. The molecule has 0 amide bonds. The molecule has 1 aromatic carbocycles. The SMILES string of the molecule is C[C@H](OCc1ccccc1)c1c(CC(=O)Cc2ccnc(C(F)(F)F)c2)cnc2cc(Cl)nn12. The number of halogens is 4. The van der Waals surface area contributed by atoms with Crippen LogP contribution in [0.2, 0.25) is 5.15 Å². The van der Waals surface area contributed by atoms with Crippen molar-refractivity contribution in [2.45, 2.75) is 38.7 Å². The molecule has 34 heavy (non-hydrogen) atoms. The Hall–Kier alpha value is -3.30. The molecule has 0 radical (unpaired) electrons. The minimum absolute atomic E-state index is 0.0571. The van der Waals surface area contributed by atoms with Gasteiger partial charge in [0.1, 0.15) is 11.5 Å². The first-order valence-electron chi connectivity index (χ1n) is 10.4. The van der Waals surface area contributed by atoms with Crippen molar-refractivity contribution in [3.05, 3.63) is 94.2 Å². The van der Waals surface area contributed by atoms with Crippen LogP contribution in [0.3, 0.4) is 0 Å². The lowest BCUT2D eigenvalue weighted by Gasteiger charge is -2.18. The van der Waals surface area contributed by atoms with Crippen LogP contribution in [-0.2, 0) is 35.2 Å². The summed E-state index contributed by atoms with van der Waals surface area (Å²) in [6.07, 6.45) is -2.68. The number of pyridine rings is 1. The van der Waals surface area contributed by atoms with E-state index >= 15 is 0 Å². The van der Waals surface area contributed by atoms with Crippen LogP contribution in [-0.4, -0.2) is 25.4 Å². The van der Waals surface area contributed by atoms with Crippen LogP contribution in [0.1, 0.15) is 41.1 Å². The maximum atomic E-state index is 12.9. The number of carbonyl (C=O) groups is 1. The largest absolute Gasteiger partial charge is 0.433 e. The van der Waals surface area contributed by atoms with Crippen molar-refractivity contribution in [3.63, 3.8) is 0 Å². The number of rotatable bonds is 8. The Morgan fingerprint density at radius 2 is 1.85 bits per heavy atom. The number of fused-ring (bicyclic) bond motifs is 1. The van der Waals surface area contributed by atoms with Gasteiger partial charge in [-0.2, -0.15) is 18.3 Å². The zero-order valence-electron chi connectivity index (χ0n) is 18.1. The normalized spacial score (nSPS) is 12.7. The molecule has 0 bridgehead atoms. The first kappa shape index (κ1) is 23.8. The van der Waals surface area contributed by atoms with Gasteiger partial charge in [0.05, 0.1) is 18.4 Å². The highest BCUT2D eigenvalue weighted by atomic mass is 35.5. The fourth-order valence-corrected chi connectivity index (χ4v) is 3.82. The topological polar surface area (TPSA) is 69.4 Å². The molecule has 176 valence electrons. The first-order chi connectivity index (χ1) is 16.2. The van der Waals surface area contributed by atoms with Crippen LogP contribution < -0.4 is 0 Å². The zero-order chi connectivity index (χ0) is 24.3. The molecule has 0 unspecified atom stereocenters. The minimum Gasteiger partial charge on any atom is -0.368 e. The predicted molar refractivity (Wildman–Crippen MR) is 119 cm³/mol. The Balaban J connectivity index is 1.57. The molecule has 10 heteroatoms. The highest BCUT2D eigenvalue weighted by molar-refractivity contribution is 6.29. The van der Waals surface area contributed by atoms with Gasteiger partial charge in [-0.05, 0) is 30.2 Å². The summed E-state index contributed by atoms with van der Waals surface area (Å²) in [5, 5.41) is 4.51. The van der Waals surface area contributed by atoms with Crippen molar-refractivity contribution in [2.75, 3.05) is 0 Å². The van der Waals surface area contributed by atoms with Gasteiger partial charge >= 0.3 is 6.18 Å². The lowest BCUT2D eigenvalue weighted by atomic mass is 10.0. The van der Waals surface area contributed by atoms with Gasteiger partial charge in [-0.15, -0.1) is 0 Å². The molecule has 0 fully saturated rings. The van der Waals surface area contributed by atoms with Crippen molar-refractivity contribution in [1.82, 2.24) is 19.6 Å². The van der Waals surface area contributed by atoms with Crippen molar-refractivity contribution in [3.8, 4) is 0 Å². The summed E-state index contributed by atoms with van der Waals surface area (Å²) in [4.78, 5) is 20.5. The number of ether oxygens (including phenoxy) is 1. The second kappa shape index (κ2) is 9.90. The van der Waals surface area contributed by atoms with Crippen molar-refractivity contribution < 1.29 is 22.7 Å². The molecule has 1 atom stereocenters. The second-order valence-corrected chi connectivity index (χ2v) is 8.17. The summed E-state index contributed by atoms with van der Waals surface area (Å²) < 4.78 is 46.4. The molecule has 3 aromatic heterocycles. The van der Waals surface area contributed by atoms with Gasteiger partial charge in [-0.3, -0.25) is 9.78 Å². The lowest BCUT2D eigenvalue weighted by molar-refractivity contribution is -0.141. The number of benzene rings is 1. The van der Waals surface area contributed by atoms with Crippen molar-refractivity contribution in [2.24, 2.45) is 0 Å². The van der Waals surface area contributed by atoms with E-state index in [1.807, 2.05) is 37.3 Å². The minimum atomic E-state index is -4.58. The first-order valence-corrected chi connectivity index (χ1v) is 10.8. The predicted octanol–water partition coefficient (Wildman–Crippen LogP) is 5.43. The Bertz CT molecular complexity index is 1310. The number of alkyl halides is 3. The van der Waals surface area contributed by atoms with E-state index in [0.717, 1.165) is 17.8 Å².